The highest BCUT2D eigenvalue weighted by molar-refractivity contribution is 5.79. The van der Waals surface area contributed by atoms with Crippen LogP contribution in [-0.2, 0) is 17.8 Å². The highest BCUT2D eigenvalue weighted by Gasteiger charge is 2.29. The lowest BCUT2D eigenvalue weighted by atomic mass is 9.84. The number of benzene rings is 3. The molecule has 2 nitrogen and oxygen atoms in total. The van der Waals surface area contributed by atoms with E-state index in [0.717, 1.165) is 5.56 Å². The van der Waals surface area contributed by atoms with Crippen LogP contribution >= 0.6 is 0 Å². The molecular formula is C23H20FNO. The summed E-state index contributed by atoms with van der Waals surface area (Å²) in [5.41, 5.74) is 4.08. The van der Waals surface area contributed by atoms with Gasteiger partial charge >= 0.3 is 0 Å². The van der Waals surface area contributed by atoms with E-state index < -0.39 is 0 Å². The molecule has 1 aliphatic rings. The van der Waals surface area contributed by atoms with Crippen LogP contribution in [0.1, 0.15) is 28.2 Å². The number of hydrogen-bond acceptors (Lipinski definition) is 1. The Morgan fingerprint density at radius 1 is 0.923 bits per heavy atom. The number of carbonyl (C=O) groups excluding carboxylic acids is 1. The maximum Gasteiger partial charge on any atom is 0.227 e. The van der Waals surface area contributed by atoms with Gasteiger partial charge < -0.3 is 4.90 Å². The Morgan fingerprint density at radius 2 is 1.62 bits per heavy atom. The van der Waals surface area contributed by atoms with E-state index in [-0.39, 0.29) is 24.1 Å². The average molecular weight is 345 g/mol. The van der Waals surface area contributed by atoms with E-state index in [2.05, 4.69) is 24.3 Å². The van der Waals surface area contributed by atoms with Crippen molar-refractivity contribution in [1.29, 1.82) is 0 Å². The zero-order chi connectivity index (χ0) is 17.9. The van der Waals surface area contributed by atoms with Crippen LogP contribution < -0.4 is 0 Å². The van der Waals surface area contributed by atoms with Crippen molar-refractivity contribution in [2.45, 2.75) is 18.9 Å². The molecule has 0 N–H and O–H groups in total. The largest absolute Gasteiger partial charge is 0.337 e. The average Bonchev–Trinajstić information content (AvgIpc) is 2.69. The van der Waals surface area contributed by atoms with E-state index in [1.807, 2.05) is 35.2 Å². The molecule has 26 heavy (non-hydrogen) atoms. The number of amides is 1. The summed E-state index contributed by atoms with van der Waals surface area (Å²) in [4.78, 5) is 14.7. The zero-order valence-electron chi connectivity index (χ0n) is 14.4. The fourth-order valence-electron chi connectivity index (χ4n) is 3.68. The van der Waals surface area contributed by atoms with Crippen LogP contribution in [0.3, 0.4) is 0 Å². The molecule has 0 unspecified atom stereocenters. The highest BCUT2D eigenvalue weighted by Crippen LogP contribution is 2.33. The number of halogens is 1. The summed E-state index contributed by atoms with van der Waals surface area (Å²) >= 11 is 0. The van der Waals surface area contributed by atoms with E-state index in [1.54, 1.807) is 18.2 Å². The summed E-state index contributed by atoms with van der Waals surface area (Å²) < 4.78 is 13.9. The van der Waals surface area contributed by atoms with Gasteiger partial charge in [0.15, 0.2) is 0 Å². The highest BCUT2D eigenvalue weighted by atomic mass is 19.1. The fraction of sp³-hybridized carbons (Fsp3) is 0.174. The van der Waals surface area contributed by atoms with Crippen molar-refractivity contribution in [1.82, 2.24) is 4.90 Å². The van der Waals surface area contributed by atoms with Gasteiger partial charge in [0.05, 0.1) is 6.42 Å². The third-order valence-corrected chi connectivity index (χ3v) is 5.05. The van der Waals surface area contributed by atoms with Crippen molar-refractivity contribution in [3.8, 4) is 0 Å². The summed E-state index contributed by atoms with van der Waals surface area (Å²) in [6.45, 7) is 1.20. The minimum Gasteiger partial charge on any atom is -0.337 e. The first-order valence-electron chi connectivity index (χ1n) is 8.86. The van der Waals surface area contributed by atoms with Crippen LogP contribution in [0.5, 0.6) is 0 Å². The number of carbonyl (C=O) groups is 1. The monoisotopic (exact) mass is 345 g/mol. The van der Waals surface area contributed by atoms with Crippen LogP contribution in [-0.4, -0.2) is 17.4 Å². The molecule has 1 amide bonds. The molecule has 0 spiro atoms. The minimum absolute atomic E-state index is 0.0365. The third kappa shape index (κ3) is 3.25. The lowest BCUT2D eigenvalue weighted by Gasteiger charge is -2.35. The first-order valence-corrected chi connectivity index (χ1v) is 8.86. The molecule has 3 heteroatoms. The van der Waals surface area contributed by atoms with Crippen molar-refractivity contribution >= 4 is 5.91 Å². The molecule has 0 aliphatic carbocycles. The number of rotatable bonds is 3. The molecule has 3 aromatic rings. The van der Waals surface area contributed by atoms with E-state index in [9.17, 15) is 9.18 Å². The Labute approximate surface area is 152 Å². The van der Waals surface area contributed by atoms with Gasteiger partial charge in [0.2, 0.25) is 5.91 Å². The van der Waals surface area contributed by atoms with Crippen LogP contribution in [0.4, 0.5) is 4.39 Å². The van der Waals surface area contributed by atoms with Gasteiger partial charge in [-0.1, -0.05) is 72.8 Å². The molecule has 0 aromatic heterocycles. The van der Waals surface area contributed by atoms with Crippen LogP contribution in [0.25, 0.3) is 0 Å². The molecule has 1 heterocycles. The van der Waals surface area contributed by atoms with E-state index in [0.29, 0.717) is 18.7 Å². The van der Waals surface area contributed by atoms with Gasteiger partial charge in [-0.3, -0.25) is 4.79 Å². The summed E-state index contributed by atoms with van der Waals surface area (Å²) in [5, 5.41) is 0. The molecule has 0 radical (unpaired) electrons. The van der Waals surface area contributed by atoms with E-state index >= 15 is 0 Å². The van der Waals surface area contributed by atoms with Gasteiger partial charge in [-0.05, 0) is 28.3 Å². The quantitative estimate of drug-likeness (QED) is 0.682. The molecule has 0 fully saturated rings. The molecule has 1 atom stereocenters. The number of nitrogens with zero attached hydrogens (tertiary/aromatic N) is 1. The van der Waals surface area contributed by atoms with Crippen molar-refractivity contribution in [3.05, 3.63) is 107 Å². The lowest BCUT2D eigenvalue weighted by Crippen LogP contribution is -2.39. The maximum atomic E-state index is 13.9. The minimum atomic E-state index is -0.321. The normalized spacial score (nSPS) is 16.2. The van der Waals surface area contributed by atoms with Gasteiger partial charge in [0.25, 0.3) is 0 Å². The van der Waals surface area contributed by atoms with E-state index in [1.165, 1.54) is 17.2 Å². The summed E-state index contributed by atoms with van der Waals surface area (Å²) in [5.74, 6) is -0.214. The second kappa shape index (κ2) is 7.12. The first-order chi connectivity index (χ1) is 12.7. The lowest BCUT2D eigenvalue weighted by molar-refractivity contribution is -0.131. The second-order valence-electron chi connectivity index (χ2n) is 6.70. The maximum absolute atomic E-state index is 13.9. The molecule has 130 valence electrons. The zero-order valence-corrected chi connectivity index (χ0v) is 14.4. The Kier molecular flexibility index (Phi) is 4.53. The number of fused-ring (bicyclic) bond motifs is 1. The van der Waals surface area contributed by atoms with Gasteiger partial charge in [-0.25, -0.2) is 4.39 Å². The fourth-order valence-corrected chi connectivity index (χ4v) is 3.68. The van der Waals surface area contributed by atoms with Gasteiger partial charge in [-0.2, -0.15) is 0 Å². The third-order valence-electron chi connectivity index (χ3n) is 5.05. The summed E-state index contributed by atoms with van der Waals surface area (Å²) in [6, 6.07) is 25.0. The molecule has 1 aliphatic heterocycles. The van der Waals surface area contributed by atoms with Crippen molar-refractivity contribution in [3.63, 3.8) is 0 Å². The molecule has 0 saturated carbocycles. The topological polar surface area (TPSA) is 20.3 Å². The summed E-state index contributed by atoms with van der Waals surface area (Å²) in [6.07, 6.45) is 0.0936. The van der Waals surface area contributed by atoms with Crippen LogP contribution in [0, 0.1) is 5.82 Å². The van der Waals surface area contributed by atoms with Crippen molar-refractivity contribution in [2.24, 2.45) is 0 Å². The number of hydrogen-bond donors (Lipinski definition) is 0. The predicted octanol–water partition coefficient (Wildman–Crippen LogP) is 4.54. The van der Waals surface area contributed by atoms with Gasteiger partial charge in [-0.15, -0.1) is 0 Å². The smallest absolute Gasteiger partial charge is 0.227 e. The van der Waals surface area contributed by atoms with Gasteiger partial charge in [0, 0.05) is 19.0 Å². The standard InChI is InChI=1S/C23H20FNO/c24-22-13-7-5-10-18(22)14-23(26)25-15-19-11-4-6-12-20(19)21(16-25)17-8-2-1-3-9-17/h1-13,21H,14-16H2/t21-/m0/s1. The van der Waals surface area contributed by atoms with Crippen LogP contribution in [0.2, 0.25) is 0 Å². The molecule has 3 aromatic carbocycles. The van der Waals surface area contributed by atoms with Gasteiger partial charge in [0.1, 0.15) is 5.82 Å². The summed E-state index contributed by atoms with van der Waals surface area (Å²) in [7, 11) is 0. The molecular weight excluding hydrogens is 325 g/mol. The first kappa shape index (κ1) is 16.5. The SMILES string of the molecule is O=C(Cc1ccccc1F)N1Cc2ccccc2[C@H](c2ccccc2)C1. The molecule has 0 saturated heterocycles. The predicted molar refractivity (Wildman–Crippen MR) is 100 cm³/mol. The second-order valence-corrected chi connectivity index (χ2v) is 6.70. The van der Waals surface area contributed by atoms with E-state index in [4.69, 9.17) is 0 Å². The Bertz CT molecular complexity index is 922. The Hall–Kier alpha value is -2.94. The van der Waals surface area contributed by atoms with Crippen molar-refractivity contribution < 1.29 is 9.18 Å². The van der Waals surface area contributed by atoms with Crippen molar-refractivity contribution in [2.75, 3.05) is 6.54 Å². The molecule has 0 bridgehead atoms. The Morgan fingerprint density at radius 3 is 2.42 bits per heavy atom. The Balaban J connectivity index is 1.63. The van der Waals surface area contributed by atoms with Crippen LogP contribution in [0.15, 0.2) is 78.9 Å². The molecule has 4 rings (SSSR count).